The molecule has 0 fully saturated rings. The summed E-state index contributed by atoms with van der Waals surface area (Å²) >= 11 is 0. The summed E-state index contributed by atoms with van der Waals surface area (Å²) in [6.07, 6.45) is 17.5. The van der Waals surface area contributed by atoms with Crippen molar-refractivity contribution in [1.29, 1.82) is 0 Å². The Morgan fingerprint density at radius 3 is 2.10 bits per heavy atom. The molecule has 1 aliphatic rings. The highest BCUT2D eigenvalue weighted by Crippen LogP contribution is 2.24. The van der Waals surface area contributed by atoms with E-state index in [4.69, 9.17) is 0 Å². The molecular weight excluding hydrogens is 244 g/mol. The van der Waals surface area contributed by atoms with Gasteiger partial charge in [0, 0.05) is 25.0 Å². The van der Waals surface area contributed by atoms with Crippen molar-refractivity contribution in [2.24, 2.45) is 0 Å². The van der Waals surface area contributed by atoms with E-state index in [1.54, 1.807) is 0 Å². The first-order chi connectivity index (χ1) is 9.70. The summed E-state index contributed by atoms with van der Waals surface area (Å²) in [5.41, 5.74) is 0. The van der Waals surface area contributed by atoms with Crippen LogP contribution in [0.3, 0.4) is 0 Å². The average Bonchev–Trinajstić information content (AvgIpc) is 2.83. The Morgan fingerprint density at radius 1 is 0.850 bits per heavy atom. The van der Waals surface area contributed by atoms with Gasteiger partial charge in [-0.25, -0.2) is 0 Å². The lowest BCUT2D eigenvalue weighted by Gasteiger charge is -2.35. The van der Waals surface area contributed by atoms with Gasteiger partial charge in [-0.2, -0.15) is 0 Å². The van der Waals surface area contributed by atoms with Gasteiger partial charge in [0.2, 0.25) is 0 Å². The fourth-order valence-corrected chi connectivity index (χ4v) is 3.06. The maximum atomic E-state index is 2.58. The van der Waals surface area contributed by atoms with Crippen LogP contribution >= 0.6 is 0 Å². The summed E-state index contributed by atoms with van der Waals surface area (Å²) in [7, 11) is 0. The lowest BCUT2D eigenvalue weighted by atomic mass is 10.1. The summed E-state index contributed by atoms with van der Waals surface area (Å²) in [5, 5.41) is 0. The second-order valence-electron chi connectivity index (χ2n) is 6.47. The summed E-state index contributed by atoms with van der Waals surface area (Å²) in [6.45, 7) is 10.4. The van der Waals surface area contributed by atoms with E-state index >= 15 is 0 Å². The third-order valence-corrected chi connectivity index (χ3v) is 4.34. The normalized spacial score (nSPS) is 18.6. The fourth-order valence-electron chi connectivity index (χ4n) is 3.06. The summed E-state index contributed by atoms with van der Waals surface area (Å²) < 4.78 is 0. The van der Waals surface area contributed by atoms with Gasteiger partial charge >= 0.3 is 0 Å². The molecule has 118 valence electrons. The second-order valence-corrected chi connectivity index (χ2v) is 6.47. The Hall–Kier alpha value is -0.660. The van der Waals surface area contributed by atoms with Crippen molar-refractivity contribution in [2.45, 2.75) is 97.7 Å². The van der Waals surface area contributed by atoms with Gasteiger partial charge in [-0.3, -0.25) is 0 Å². The minimum absolute atomic E-state index is 0.614. The molecule has 0 aromatic carbocycles. The summed E-state index contributed by atoms with van der Waals surface area (Å²) in [5.74, 6) is 0. The highest BCUT2D eigenvalue weighted by Gasteiger charge is 2.26. The average molecular weight is 280 g/mol. The first-order valence-corrected chi connectivity index (χ1v) is 8.92. The van der Waals surface area contributed by atoms with Gasteiger partial charge < -0.3 is 9.80 Å². The molecule has 0 saturated carbocycles. The molecule has 1 aliphatic heterocycles. The van der Waals surface area contributed by atoms with Gasteiger partial charge in [0.1, 0.15) is 6.17 Å². The molecule has 0 saturated heterocycles. The maximum Gasteiger partial charge on any atom is 0.101 e. The van der Waals surface area contributed by atoms with Gasteiger partial charge in [-0.05, 0) is 33.1 Å². The Balaban J connectivity index is 2.38. The first-order valence-electron chi connectivity index (χ1n) is 8.92. The van der Waals surface area contributed by atoms with Crippen LogP contribution in [-0.4, -0.2) is 28.6 Å². The highest BCUT2D eigenvalue weighted by molar-refractivity contribution is 4.98. The molecule has 0 aliphatic carbocycles. The van der Waals surface area contributed by atoms with E-state index in [0.717, 1.165) is 0 Å². The van der Waals surface area contributed by atoms with Crippen LogP contribution in [0.15, 0.2) is 12.4 Å². The largest absolute Gasteiger partial charge is 0.356 e. The minimum atomic E-state index is 0.614. The van der Waals surface area contributed by atoms with Crippen molar-refractivity contribution in [3.63, 3.8) is 0 Å². The van der Waals surface area contributed by atoms with E-state index in [1.807, 2.05) is 0 Å². The monoisotopic (exact) mass is 280 g/mol. The lowest BCUT2D eigenvalue weighted by molar-refractivity contribution is 0.114. The maximum absolute atomic E-state index is 2.58. The predicted molar refractivity (Wildman–Crippen MR) is 89.5 cm³/mol. The van der Waals surface area contributed by atoms with Gasteiger partial charge in [-0.1, -0.05) is 52.4 Å². The van der Waals surface area contributed by atoms with E-state index < -0.39 is 0 Å². The Labute approximate surface area is 127 Å². The van der Waals surface area contributed by atoms with Crippen LogP contribution in [0.5, 0.6) is 0 Å². The summed E-state index contributed by atoms with van der Waals surface area (Å²) in [4.78, 5) is 5.13. The van der Waals surface area contributed by atoms with E-state index in [1.165, 1.54) is 64.3 Å². The standard InChI is InChI=1S/C18H36N2/c1-5-7-9-11-13-18-19(14-12-10-8-6-2)15-16-20(18)17(3)4/h15-18H,5-14H2,1-4H3. The molecule has 1 atom stereocenters. The number of unbranched alkanes of at least 4 members (excludes halogenated alkanes) is 6. The van der Waals surface area contributed by atoms with E-state index in [9.17, 15) is 0 Å². The zero-order valence-electron chi connectivity index (χ0n) is 14.3. The first kappa shape index (κ1) is 17.4. The molecule has 2 nitrogen and oxygen atoms in total. The molecule has 2 heteroatoms. The van der Waals surface area contributed by atoms with Crippen molar-refractivity contribution in [3.8, 4) is 0 Å². The molecule has 1 rings (SSSR count). The molecule has 0 aromatic rings. The summed E-state index contributed by atoms with van der Waals surface area (Å²) in [6, 6.07) is 0.614. The molecule has 20 heavy (non-hydrogen) atoms. The van der Waals surface area contributed by atoms with Crippen molar-refractivity contribution >= 4 is 0 Å². The molecule has 0 N–H and O–H groups in total. The molecule has 1 unspecified atom stereocenters. The fraction of sp³-hybridized carbons (Fsp3) is 0.889. The third-order valence-electron chi connectivity index (χ3n) is 4.34. The van der Waals surface area contributed by atoms with E-state index in [0.29, 0.717) is 12.2 Å². The molecule has 1 heterocycles. The van der Waals surface area contributed by atoms with Gasteiger partial charge in [0.05, 0.1) is 0 Å². The number of rotatable bonds is 11. The topological polar surface area (TPSA) is 6.48 Å². The minimum Gasteiger partial charge on any atom is -0.356 e. The lowest BCUT2D eigenvalue weighted by Crippen LogP contribution is -2.42. The van der Waals surface area contributed by atoms with Gasteiger partial charge in [-0.15, -0.1) is 0 Å². The zero-order chi connectivity index (χ0) is 14.8. The number of hydrogen-bond acceptors (Lipinski definition) is 2. The molecule has 0 amide bonds. The van der Waals surface area contributed by atoms with Gasteiger partial charge in [0.25, 0.3) is 0 Å². The molecular formula is C18H36N2. The zero-order valence-corrected chi connectivity index (χ0v) is 14.3. The highest BCUT2D eigenvalue weighted by atomic mass is 15.4. The molecule has 0 spiro atoms. The van der Waals surface area contributed by atoms with Crippen LogP contribution in [0, 0.1) is 0 Å². The number of hydrogen-bond donors (Lipinski definition) is 0. The quantitative estimate of drug-likeness (QED) is 0.470. The van der Waals surface area contributed by atoms with Gasteiger partial charge in [0.15, 0.2) is 0 Å². The Bertz CT molecular complexity index is 260. The third kappa shape index (κ3) is 5.76. The van der Waals surface area contributed by atoms with Crippen molar-refractivity contribution in [3.05, 3.63) is 12.4 Å². The smallest absolute Gasteiger partial charge is 0.101 e. The predicted octanol–water partition coefficient (Wildman–Crippen LogP) is 5.36. The second kappa shape index (κ2) is 10.1. The van der Waals surface area contributed by atoms with Crippen LogP contribution in [0.25, 0.3) is 0 Å². The SMILES string of the molecule is CCCCCCC1N(CCCCCC)C=CN1C(C)C. The number of nitrogens with zero attached hydrogens (tertiary/aromatic N) is 2. The van der Waals surface area contributed by atoms with Crippen molar-refractivity contribution in [1.82, 2.24) is 9.80 Å². The van der Waals surface area contributed by atoms with Crippen LogP contribution in [0.1, 0.15) is 85.5 Å². The van der Waals surface area contributed by atoms with E-state index in [-0.39, 0.29) is 0 Å². The van der Waals surface area contributed by atoms with Crippen molar-refractivity contribution < 1.29 is 0 Å². The molecule has 0 radical (unpaired) electrons. The van der Waals surface area contributed by atoms with Crippen LogP contribution in [0.4, 0.5) is 0 Å². The van der Waals surface area contributed by atoms with Crippen molar-refractivity contribution in [2.75, 3.05) is 6.54 Å². The van der Waals surface area contributed by atoms with Crippen LogP contribution in [0.2, 0.25) is 0 Å². The molecule has 0 bridgehead atoms. The molecule has 0 aromatic heterocycles. The van der Waals surface area contributed by atoms with Crippen LogP contribution < -0.4 is 0 Å². The van der Waals surface area contributed by atoms with Crippen LogP contribution in [-0.2, 0) is 0 Å². The Morgan fingerprint density at radius 2 is 1.50 bits per heavy atom. The Kier molecular flexibility index (Phi) is 8.80. The van der Waals surface area contributed by atoms with E-state index in [2.05, 4.69) is 49.9 Å².